The van der Waals surface area contributed by atoms with Crippen molar-refractivity contribution in [1.82, 2.24) is 19.8 Å². The SMILES string of the molecule is CCCN(CCN1CCN(c2ccc3[nH]c4ccccc4c3c2)CC1)C1CCc2nc(N)sc2C1. The molecule has 35 heavy (non-hydrogen) atoms. The quantitative estimate of drug-likeness (QED) is 0.393. The number of nitrogens with zero attached hydrogens (tertiary/aromatic N) is 4. The molecule has 1 saturated heterocycles. The number of hydrogen-bond donors (Lipinski definition) is 2. The topological polar surface area (TPSA) is 64.4 Å². The summed E-state index contributed by atoms with van der Waals surface area (Å²) in [5.74, 6) is 0. The highest BCUT2D eigenvalue weighted by Crippen LogP contribution is 2.31. The van der Waals surface area contributed by atoms with Gasteiger partial charge in [-0.15, -0.1) is 11.3 Å². The second kappa shape index (κ2) is 9.80. The first-order valence-corrected chi connectivity index (χ1v) is 14.0. The maximum Gasteiger partial charge on any atom is 0.180 e. The van der Waals surface area contributed by atoms with E-state index < -0.39 is 0 Å². The molecule has 2 aliphatic rings. The number of piperazine rings is 1. The van der Waals surface area contributed by atoms with Gasteiger partial charge < -0.3 is 15.6 Å². The van der Waals surface area contributed by atoms with E-state index in [0.29, 0.717) is 6.04 Å². The molecule has 184 valence electrons. The summed E-state index contributed by atoms with van der Waals surface area (Å²) >= 11 is 1.70. The maximum absolute atomic E-state index is 5.98. The van der Waals surface area contributed by atoms with Crippen LogP contribution in [-0.4, -0.2) is 71.6 Å². The Bertz CT molecular complexity index is 1300. The third-order valence-corrected chi connectivity index (χ3v) is 8.84. The molecule has 0 saturated carbocycles. The Hall–Kier alpha value is -2.61. The van der Waals surface area contributed by atoms with Crippen molar-refractivity contribution in [3.8, 4) is 0 Å². The van der Waals surface area contributed by atoms with Crippen LogP contribution in [0.4, 0.5) is 10.8 Å². The van der Waals surface area contributed by atoms with Crippen molar-refractivity contribution in [2.45, 2.75) is 38.6 Å². The van der Waals surface area contributed by atoms with Crippen molar-refractivity contribution in [3.63, 3.8) is 0 Å². The Morgan fingerprint density at radius 1 is 1.06 bits per heavy atom. The van der Waals surface area contributed by atoms with Gasteiger partial charge in [0.25, 0.3) is 0 Å². The summed E-state index contributed by atoms with van der Waals surface area (Å²) in [6.07, 6.45) is 4.61. The van der Waals surface area contributed by atoms with Crippen LogP contribution in [0, 0.1) is 0 Å². The van der Waals surface area contributed by atoms with Gasteiger partial charge in [0, 0.05) is 77.7 Å². The van der Waals surface area contributed by atoms with Crippen LogP contribution in [0.5, 0.6) is 0 Å². The summed E-state index contributed by atoms with van der Waals surface area (Å²) in [5.41, 5.74) is 11.0. The zero-order valence-corrected chi connectivity index (χ0v) is 21.5. The Kier molecular flexibility index (Phi) is 6.39. The first-order valence-electron chi connectivity index (χ1n) is 13.1. The fraction of sp³-hybridized carbons (Fsp3) is 0.464. The molecule has 2 aromatic heterocycles. The first kappa shape index (κ1) is 22.8. The standard InChI is InChI=1S/C28H36N6S/c1-2-11-33(21-8-10-26-27(19-21)35-28(29)31-26)15-12-32-13-16-34(17-14-32)20-7-9-25-23(18-20)22-5-3-4-6-24(22)30-25/h3-7,9,18,21,30H,2,8,10-17,19H2,1H3,(H2,29,31). The normalized spacial score (nSPS) is 19.1. The van der Waals surface area contributed by atoms with Crippen LogP contribution in [0.3, 0.4) is 0 Å². The van der Waals surface area contributed by atoms with E-state index in [4.69, 9.17) is 5.73 Å². The van der Waals surface area contributed by atoms with Gasteiger partial charge in [0.2, 0.25) is 0 Å². The predicted octanol–water partition coefficient (Wildman–Crippen LogP) is 4.75. The van der Waals surface area contributed by atoms with Crippen molar-refractivity contribution < 1.29 is 0 Å². The van der Waals surface area contributed by atoms with Crippen molar-refractivity contribution in [3.05, 3.63) is 53.0 Å². The molecule has 1 fully saturated rings. The van der Waals surface area contributed by atoms with Crippen molar-refractivity contribution in [2.75, 3.05) is 56.4 Å². The van der Waals surface area contributed by atoms with Gasteiger partial charge in [-0.1, -0.05) is 25.1 Å². The van der Waals surface area contributed by atoms with E-state index in [1.165, 1.54) is 57.5 Å². The lowest BCUT2D eigenvalue weighted by Crippen LogP contribution is -2.50. The molecule has 1 aliphatic heterocycles. The number of rotatable bonds is 7. The highest BCUT2D eigenvalue weighted by molar-refractivity contribution is 7.15. The fourth-order valence-electron chi connectivity index (χ4n) is 5.99. The molecule has 1 atom stereocenters. The number of hydrogen-bond acceptors (Lipinski definition) is 6. The van der Waals surface area contributed by atoms with Crippen LogP contribution in [0.1, 0.15) is 30.3 Å². The van der Waals surface area contributed by atoms with Gasteiger partial charge in [-0.2, -0.15) is 0 Å². The maximum atomic E-state index is 5.98. The molecule has 7 heteroatoms. The molecular weight excluding hydrogens is 452 g/mol. The third kappa shape index (κ3) is 4.65. The number of H-pyrrole nitrogens is 1. The minimum absolute atomic E-state index is 0.631. The zero-order chi connectivity index (χ0) is 23.8. The first-order chi connectivity index (χ1) is 17.2. The van der Waals surface area contributed by atoms with Gasteiger partial charge in [0.15, 0.2) is 5.13 Å². The number of nitrogens with two attached hydrogens (primary N) is 1. The summed E-state index contributed by atoms with van der Waals surface area (Å²) < 4.78 is 0. The van der Waals surface area contributed by atoms with Crippen LogP contribution < -0.4 is 10.6 Å². The number of anilines is 2. The molecule has 0 bridgehead atoms. The lowest BCUT2D eigenvalue weighted by atomic mass is 9.96. The number of nitrogen functional groups attached to an aromatic ring is 1. The number of benzene rings is 2. The minimum atomic E-state index is 0.631. The lowest BCUT2D eigenvalue weighted by Gasteiger charge is -2.39. The smallest absolute Gasteiger partial charge is 0.180 e. The van der Waals surface area contributed by atoms with Gasteiger partial charge in [0.1, 0.15) is 0 Å². The number of aromatic nitrogens is 2. The molecule has 0 amide bonds. The Labute approximate surface area is 211 Å². The number of aromatic amines is 1. The Morgan fingerprint density at radius 3 is 2.74 bits per heavy atom. The van der Waals surface area contributed by atoms with Crippen LogP contribution in [-0.2, 0) is 12.8 Å². The average Bonchev–Trinajstić information content (AvgIpc) is 3.45. The molecule has 4 aromatic rings. The summed E-state index contributed by atoms with van der Waals surface area (Å²) in [6, 6.07) is 16.1. The zero-order valence-electron chi connectivity index (χ0n) is 20.7. The van der Waals surface area contributed by atoms with Crippen LogP contribution in [0.25, 0.3) is 21.8 Å². The molecule has 0 spiro atoms. The van der Waals surface area contributed by atoms with Gasteiger partial charge in [-0.25, -0.2) is 4.98 Å². The molecule has 1 aliphatic carbocycles. The molecular formula is C28H36N6S. The average molecular weight is 489 g/mol. The summed E-state index contributed by atoms with van der Waals surface area (Å²) in [7, 11) is 0. The van der Waals surface area contributed by atoms with E-state index in [9.17, 15) is 0 Å². The van der Waals surface area contributed by atoms with E-state index in [1.54, 1.807) is 11.3 Å². The van der Waals surface area contributed by atoms with E-state index in [0.717, 1.165) is 57.2 Å². The second-order valence-corrected chi connectivity index (χ2v) is 11.2. The lowest BCUT2D eigenvalue weighted by molar-refractivity contribution is 0.146. The Balaban J connectivity index is 1.06. The van der Waals surface area contributed by atoms with Crippen LogP contribution in [0.15, 0.2) is 42.5 Å². The number of para-hydroxylation sites is 1. The second-order valence-electron chi connectivity index (χ2n) is 10.1. The predicted molar refractivity (Wildman–Crippen MR) is 149 cm³/mol. The molecule has 3 N–H and O–H groups in total. The van der Waals surface area contributed by atoms with E-state index in [2.05, 4.69) is 74.1 Å². The van der Waals surface area contributed by atoms with Crippen LogP contribution in [0.2, 0.25) is 0 Å². The molecule has 1 unspecified atom stereocenters. The summed E-state index contributed by atoms with van der Waals surface area (Å²) in [5, 5.41) is 3.38. The number of nitrogens with one attached hydrogen (secondary N) is 1. The molecule has 0 radical (unpaired) electrons. The molecule has 3 heterocycles. The fourth-order valence-corrected chi connectivity index (χ4v) is 6.94. The summed E-state index contributed by atoms with van der Waals surface area (Å²) in [6.45, 7) is 10.2. The van der Waals surface area contributed by atoms with Crippen LogP contribution >= 0.6 is 11.3 Å². The highest BCUT2D eigenvalue weighted by Gasteiger charge is 2.27. The number of fused-ring (bicyclic) bond motifs is 4. The van der Waals surface area contributed by atoms with E-state index >= 15 is 0 Å². The molecule has 2 aromatic carbocycles. The largest absolute Gasteiger partial charge is 0.375 e. The van der Waals surface area contributed by atoms with Gasteiger partial charge in [-0.05, 0) is 56.5 Å². The Morgan fingerprint density at radius 2 is 1.89 bits per heavy atom. The highest BCUT2D eigenvalue weighted by atomic mass is 32.1. The monoisotopic (exact) mass is 488 g/mol. The van der Waals surface area contributed by atoms with E-state index in [1.807, 2.05) is 0 Å². The van der Waals surface area contributed by atoms with Crippen molar-refractivity contribution in [1.29, 1.82) is 0 Å². The van der Waals surface area contributed by atoms with Crippen molar-refractivity contribution >= 4 is 44.0 Å². The third-order valence-electron chi connectivity index (χ3n) is 7.89. The number of thiazole rings is 1. The van der Waals surface area contributed by atoms with Gasteiger partial charge >= 0.3 is 0 Å². The molecule has 6 nitrogen and oxygen atoms in total. The van der Waals surface area contributed by atoms with Crippen molar-refractivity contribution in [2.24, 2.45) is 0 Å². The van der Waals surface area contributed by atoms with Gasteiger partial charge in [0.05, 0.1) is 5.69 Å². The van der Waals surface area contributed by atoms with E-state index in [-0.39, 0.29) is 0 Å². The summed E-state index contributed by atoms with van der Waals surface area (Å²) in [4.78, 5) is 17.4. The number of aryl methyl sites for hydroxylation is 1. The molecule has 6 rings (SSSR count). The van der Waals surface area contributed by atoms with Gasteiger partial charge in [-0.3, -0.25) is 9.80 Å². The minimum Gasteiger partial charge on any atom is -0.375 e.